The average Bonchev–Trinajstić information content (AvgIpc) is 3.63. The number of hydrogen-bond donors (Lipinski definition) is 0. The minimum Gasteiger partial charge on any atom is -0.324 e. The summed E-state index contributed by atoms with van der Waals surface area (Å²) in [4.78, 5) is 22.7. The lowest BCUT2D eigenvalue weighted by Gasteiger charge is -2.11. The highest BCUT2D eigenvalue weighted by atomic mass is 32.2. The molecule has 0 saturated heterocycles. The number of thioether (sulfide) groups is 1. The van der Waals surface area contributed by atoms with Crippen molar-refractivity contribution in [3.05, 3.63) is 64.1 Å². The van der Waals surface area contributed by atoms with Gasteiger partial charge in [0.25, 0.3) is 5.56 Å². The van der Waals surface area contributed by atoms with Crippen molar-refractivity contribution in [1.29, 1.82) is 0 Å². The largest absolute Gasteiger partial charge is 0.421 e. The number of fused-ring (bicyclic) bond motifs is 1. The van der Waals surface area contributed by atoms with Gasteiger partial charge in [0, 0.05) is 30.2 Å². The Kier molecular flexibility index (Phi) is 5.99. The first-order valence-corrected chi connectivity index (χ1v) is 12.6. The Balaban J connectivity index is 1.64. The Morgan fingerprint density at radius 2 is 1.80 bits per heavy atom. The fourth-order valence-corrected chi connectivity index (χ4v) is 5.21. The van der Waals surface area contributed by atoms with Gasteiger partial charge in [-0.25, -0.2) is 4.98 Å². The first-order chi connectivity index (χ1) is 16.7. The molecule has 1 aromatic carbocycles. The summed E-state index contributed by atoms with van der Waals surface area (Å²) in [6.45, 7) is 3.75. The molecule has 0 unspecified atom stereocenters. The van der Waals surface area contributed by atoms with E-state index in [9.17, 15) is 18.0 Å². The molecule has 3 heterocycles. The number of nitrogens with zero attached hydrogens (tertiary/aromatic N) is 4. The van der Waals surface area contributed by atoms with Gasteiger partial charge in [0.15, 0.2) is 11.5 Å². The smallest absolute Gasteiger partial charge is 0.324 e. The molecular weight excluding hydrogens is 473 g/mol. The molecule has 1 aliphatic carbocycles. The van der Waals surface area contributed by atoms with Crippen molar-refractivity contribution in [2.45, 2.75) is 50.2 Å². The van der Waals surface area contributed by atoms with Crippen LogP contribution in [0, 0.1) is 0 Å². The molecule has 0 N–H and O–H groups in total. The Bertz CT molecular complexity index is 1470. The van der Waals surface area contributed by atoms with Gasteiger partial charge in [-0.3, -0.25) is 14.3 Å². The predicted octanol–water partition coefficient (Wildman–Crippen LogP) is 6.49. The highest BCUT2D eigenvalue weighted by molar-refractivity contribution is 7.99. The number of aryl methyl sites for hydroxylation is 2. The first kappa shape index (κ1) is 23.7. The number of imidazole rings is 1. The molecule has 182 valence electrons. The molecule has 0 spiro atoms. The van der Waals surface area contributed by atoms with Gasteiger partial charge in [0.05, 0.1) is 5.52 Å². The zero-order valence-corrected chi connectivity index (χ0v) is 20.5. The van der Waals surface area contributed by atoms with Gasteiger partial charge in [-0.05, 0) is 54.7 Å². The molecule has 0 bridgehead atoms. The molecule has 0 aliphatic heterocycles. The van der Waals surface area contributed by atoms with E-state index in [-0.39, 0.29) is 17.7 Å². The molecular formula is C26H25F3N4OS. The van der Waals surface area contributed by atoms with E-state index in [0.717, 1.165) is 32.4 Å². The number of alkyl halides is 3. The van der Waals surface area contributed by atoms with Crippen LogP contribution in [0.3, 0.4) is 0 Å². The average molecular weight is 499 g/mol. The SMILES string of the molecule is CCSc1cc(-c2ccc(C3CC3)cc2)cnc1-c1nc2c(cc(C(F)(F)F)c(=O)n2CC)n1C. The van der Waals surface area contributed by atoms with Crippen molar-refractivity contribution in [3.8, 4) is 22.6 Å². The van der Waals surface area contributed by atoms with Gasteiger partial charge >= 0.3 is 6.18 Å². The molecule has 35 heavy (non-hydrogen) atoms. The molecule has 0 radical (unpaired) electrons. The zero-order chi connectivity index (χ0) is 24.9. The Morgan fingerprint density at radius 1 is 1.09 bits per heavy atom. The summed E-state index contributed by atoms with van der Waals surface area (Å²) in [7, 11) is 1.65. The van der Waals surface area contributed by atoms with E-state index >= 15 is 0 Å². The summed E-state index contributed by atoms with van der Waals surface area (Å²) < 4.78 is 43.3. The third-order valence-electron chi connectivity index (χ3n) is 6.41. The van der Waals surface area contributed by atoms with E-state index in [1.165, 1.54) is 18.4 Å². The second-order valence-electron chi connectivity index (χ2n) is 8.71. The number of halogens is 3. The quantitative estimate of drug-likeness (QED) is 0.285. The molecule has 1 fully saturated rings. The molecule has 0 atom stereocenters. The van der Waals surface area contributed by atoms with Crippen LogP contribution in [0.5, 0.6) is 0 Å². The fraction of sp³-hybridized carbons (Fsp3) is 0.346. The monoisotopic (exact) mass is 498 g/mol. The molecule has 1 aliphatic rings. The lowest BCUT2D eigenvalue weighted by atomic mass is 10.0. The van der Waals surface area contributed by atoms with E-state index in [0.29, 0.717) is 17.4 Å². The summed E-state index contributed by atoms with van der Waals surface area (Å²) in [6.07, 6.45) is -0.470. The summed E-state index contributed by atoms with van der Waals surface area (Å²) in [5, 5.41) is 0. The Hall–Kier alpha value is -3.07. The normalized spacial score (nSPS) is 14.1. The number of pyridine rings is 2. The van der Waals surface area contributed by atoms with Crippen LogP contribution < -0.4 is 5.56 Å². The Morgan fingerprint density at radius 3 is 2.40 bits per heavy atom. The second-order valence-corrected chi connectivity index (χ2v) is 10.0. The lowest BCUT2D eigenvalue weighted by Crippen LogP contribution is -2.28. The maximum atomic E-state index is 13.5. The van der Waals surface area contributed by atoms with E-state index in [1.807, 2.05) is 6.92 Å². The number of benzene rings is 1. The number of rotatable bonds is 6. The highest BCUT2D eigenvalue weighted by Gasteiger charge is 2.36. The van der Waals surface area contributed by atoms with Crippen molar-refractivity contribution < 1.29 is 13.2 Å². The van der Waals surface area contributed by atoms with E-state index in [1.54, 1.807) is 36.5 Å². The van der Waals surface area contributed by atoms with Crippen LogP contribution in [0.2, 0.25) is 0 Å². The van der Waals surface area contributed by atoms with Crippen molar-refractivity contribution in [1.82, 2.24) is 19.1 Å². The van der Waals surface area contributed by atoms with Crippen LogP contribution >= 0.6 is 11.8 Å². The molecule has 5 nitrogen and oxygen atoms in total. The number of aromatic nitrogens is 4. The lowest BCUT2D eigenvalue weighted by molar-refractivity contribution is -0.138. The third kappa shape index (κ3) is 4.26. The van der Waals surface area contributed by atoms with Crippen LogP contribution in [0.15, 0.2) is 52.3 Å². The predicted molar refractivity (Wildman–Crippen MR) is 133 cm³/mol. The highest BCUT2D eigenvalue weighted by Crippen LogP contribution is 2.41. The summed E-state index contributed by atoms with van der Waals surface area (Å²) >= 11 is 1.60. The molecule has 1 saturated carbocycles. The minimum absolute atomic E-state index is 0.0789. The third-order valence-corrected chi connectivity index (χ3v) is 7.32. The van der Waals surface area contributed by atoms with Crippen molar-refractivity contribution in [3.63, 3.8) is 0 Å². The molecule has 9 heteroatoms. The van der Waals surface area contributed by atoms with Crippen LogP contribution in [0.4, 0.5) is 13.2 Å². The van der Waals surface area contributed by atoms with E-state index in [4.69, 9.17) is 4.98 Å². The van der Waals surface area contributed by atoms with E-state index < -0.39 is 17.3 Å². The minimum atomic E-state index is -4.75. The standard InChI is InChI=1S/C26H25F3N4OS/c1-4-33-23-20(13-19(25(33)34)26(27,28)29)32(3)24(31-23)22-21(35-5-2)12-18(14-30-22)17-10-8-16(9-11-17)15-6-7-15/h8-15H,4-7H2,1-3H3. The first-order valence-electron chi connectivity index (χ1n) is 11.6. The molecule has 4 aromatic rings. The van der Waals surface area contributed by atoms with Gasteiger partial charge in [0.2, 0.25) is 0 Å². The summed E-state index contributed by atoms with van der Waals surface area (Å²) in [5.41, 5.74) is 2.15. The molecule has 5 rings (SSSR count). The maximum absolute atomic E-state index is 13.5. The van der Waals surface area contributed by atoms with Crippen LogP contribution in [-0.2, 0) is 19.8 Å². The van der Waals surface area contributed by atoms with Gasteiger partial charge in [0.1, 0.15) is 11.3 Å². The van der Waals surface area contributed by atoms with Gasteiger partial charge in [-0.2, -0.15) is 13.2 Å². The topological polar surface area (TPSA) is 52.7 Å². The van der Waals surface area contributed by atoms with Crippen LogP contribution in [0.1, 0.15) is 43.7 Å². The van der Waals surface area contributed by atoms with Gasteiger partial charge in [-0.1, -0.05) is 31.2 Å². The van der Waals surface area contributed by atoms with Crippen molar-refractivity contribution >= 4 is 22.9 Å². The van der Waals surface area contributed by atoms with E-state index in [2.05, 4.69) is 35.3 Å². The molecule has 0 amide bonds. The molecule has 3 aromatic heterocycles. The van der Waals surface area contributed by atoms with Gasteiger partial charge < -0.3 is 4.57 Å². The van der Waals surface area contributed by atoms with Crippen molar-refractivity contribution in [2.75, 3.05) is 5.75 Å². The Labute approximate surface area is 205 Å². The van der Waals surface area contributed by atoms with Crippen LogP contribution in [0.25, 0.3) is 33.8 Å². The summed E-state index contributed by atoms with van der Waals surface area (Å²) in [5.74, 6) is 1.90. The number of hydrogen-bond acceptors (Lipinski definition) is 4. The fourth-order valence-electron chi connectivity index (χ4n) is 4.41. The maximum Gasteiger partial charge on any atom is 0.421 e. The van der Waals surface area contributed by atoms with Gasteiger partial charge in [-0.15, -0.1) is 11.8 Å². The van der Waals surface area contributed by atoms with Crippen molar-refractivity contribution in [2.24, 2.45) is 7.05 Å². The second kappa shape index (κ2) is 8.86. The summed E-state index contributed by atoms with van der Waals surface area (Å²) in [6, 6.07) is 11.5. The zero-order valence-electron chi connectivity index (χ0n) is 19.7. The van der Waals surface area contributed by atoms with Crippen LogP contribution in [-0.4, -0.2) is 24.9 Å².